The number of nitrogens with one attached hydrogen (secondary N) is 1. The third-order valence-electron chi connectivity index (χ3n) is 2.61. The molecule has 0 fully saturated rings. The molecule has 0 saturated heterocycles. The van der Waals surface area contributed by atoms with Crippen molar-refractivity contribution in [3.63, 3.8) is 0 Å². The van der Waals surface area contributed by atoms with E-state index in [4.69, 9.17) is 5.26 Å². The number of benzene rings is 1. The summed E-state index contributed by atoms with van der Waals surface area (Å²) in [6.45, 7) is 0. The van der Waals surface area contributed by atoms with Crippen molar-refractivity contribution in [2.45, 2.75) is 5.16 Å². The normalized spacial score (nSPS) is 10.1. The van der Waals surface area contributed by atoms with E-state index in [-0.39, 0.29) is 27.7 Å². The number of hydrogen-bond acceptors (Lipinski definition) is 6. The third kappa shape index (κ3) is 2.96. The Kier molecular flexibility index (Phi) is 4.40. The predicted octanol–water partition coefficient (Wildman–Crippen LogP) is 2.70. The molecule has 2 rings (SSSR count). The summed E-state index contributed by atoms with van der Waals surface area (Å²) in [7, 11) is 0. The Hall–Kier alpha value is -2.18. The van der Waals surface area contributed by atoms with E-state index < -0.39 is 10.5 Å². The highest BCUT2D eigenvalue weighted by atomic mass is 79.9. The van der Waals surface area contributed by atoms with Crippen LogP contribution in [-0.4, -0.2) is 21.1 Å². The minimum absolute atomic E-state index is 0.00444. The van der Waals surface area contributed by atoms with Crippen LogP contribution in [0.25, 0.3) is 11.3 Å². The first kappa shape index (κ1) is 15.2. The minimum atomic E-state index is -0.621. The zero-order chi connectivity index (χ0) is 15.6. The lowest BCUT2D eigenvalue weighted by molar-refractivity contribution is -0.384. The molecule has 1 heterocycles. The molecule has 1 aromatic heterocycles. The smallest absolute Gasteiger partial charge is 0.279 e. The molecule has 7 nitrogen and oxygen atoms in total. The Morgan fingerprint density at radius 1 is 1.52 bits per heavy atom. The SMILES string of the molecule is CSc1nc(-c2ccc(Br)cc2[N+](=O)[O-])c(C#N)c(=O)[nH]1. The number of nitro benzene ring substituents is 1. The first-order chi connectivity index (χ1) is 9.97. The van der Waals surface area contributed by atoms with Crippen LogP contribution in [0, 0.1) is 21.4 Å². The van der Waals surface area contributed by atoms with E-state index in [0.29, 0.717) is 4.47 Å². The summed E-state index contributed by atoms with van der Waals surface area (Å²) in [5.41, 5.74) is -0.973. The van der Waals surface area contributed by atoms with Gasteiger partial charge in [-0.2, -0.15) is 5.26 Å². The molecule has 0 aliphatic heterocycles. The second-order valence-corrected chi connectivity index (χ2v) is 5.54. The van der Waals surface area contributed by atoms with Gasteiger partial charge >= 0.3 is 0 Å². The maximum Gasteiger partial charge on any atom is 0.279 e. The van der Waals surface area contributed by atoms with E-state index >= 15 is 0 Å². The van der Waals surface area contributed by atoms with E-state index in [1.807, 2.05) is 0 Å². The first-order valence-electron chi connectivity index (χ1n) is 5.50. The number of nitriles is 1. The van der Waals surface area contributed by atoms with Crippen LogP contribution in [0.1, 0.15) is 5.56 Å². The van der Waals surface area contributed by atoms with Crippen LogP contribution in [0.2, 0.25) is 0 Å². The topological polar surface area (TPSA) is 113 Å². The highest BCUT2D eigenvalue weighted by Crippen LogP contribution is 2.32. The van der Waals surface area contributed by atoms with Crippen molar-refractivity contribution in [1.29, 1.82) is 5.26 Å². The van der Waals surface area contributed by atoms with Crippen LogP contribution < -0.4 is 5.56 Å². The summed E-state index contributed by atoms with van der Waals surface area (Å²) in [5, 5.41) is 20.6. The van der Waals surface area contributed by atoms with Gasteiger partial charge in [-0.25, -0.2) is 4.98 Å². The number of hydrogen-bond donors (Lipinski definition) is 1. The molecule has 0 aliphatic carbocycles. The number of nitrogens with zero attached hydrogens (tertiary/aromatic N) is 3. The fourth-order valence-corrected chi connectivity index (χ4v) is 2.43. The van der Waals surface area contributed by atoms with Crippen molar-refractivity contribution >= 4 is 33.4 Å². The number of H-pyrrole nitrogens is 1. The van der Waals surface area contributed by atoms with Crippen LogP contribution in [0.15, 0.2) is 32.6 Å². The summed E-state index contributed by atoms with van der Waals surface area (Å²) in [6.07, 6.45) is 1.70. The van der Waals surface area contributed by atoms with Gasteiger partial charge in [0.1, 0.15) is 17.3 Å². The summed E-state index contributed by atoms with van der Waals surface area (Å²) in [4.78, 5) is 29.0. The molecule has 2 aromatic rings. The number of aromatic amines is 1. The van der Waals surface area contributed by atoms with Crippen molar-refractivity contribution in [3.8, 4) is 17.3 Å². The molecule has 0 saturated carbocycles. The van der Waals surface area contributed by atoms with Crippen molar-refractivity contribution in [2.75, 3.05) is 6.26 Å². The molecule has 0 atom stereocenters. The molecule has 0 unspecified atom stereocenters. The van der Waals surface area contributed by atoms with Gasteiger partial charge in [0.05, 0.1) is 10.5 Å². The van der Waals surface area contributed by atoms with Gasteiger partial charge < -0.3 is 4.98 Å². The standard InChI is InChI=1S/C12H7BrN4O3S/c1-21-12-15-10(8(5-14)11(18)16-12)7-3-2-6(13)4-9(7)17(19)20/h2-4H,1H3,(H,15,16,18). The zero-order valence-electron chi connectivity index (χ0n) is 10.6. The summed E-state index contributed by atoms with van der Waals surface area (Å²) in [5.74, 6) is 0. The maximum absolute atomic E-state index is 11.9. The van der Waals surface area contributed by atoms with Gasteiger partial charge in [0.15, 0.2) is 5.16 Å². The van der Waals surface area contributed by atoms with Gasteiger partial charge in [0.2, 0.25) is 0 Å². The molecule has 9 heteroatoms. The van der Waals surface area contributed by atoms with Gasteiger partial charge in [-0.15, -0.1) is 0 Å². The van der Waals surface area contributed by atoms with Crippen LogP contribution >= 0.6 is 27.7 Å². The lowest BCUT2D eigenvalue weighted by Crippen LogP contribution is -2.15. The average molecular weight is 367 g/mol. The monoisotopic (exact) mass is 366 g/mol. The van der Waals surface area contributed by atoms with Gasteiger partial charge in [0.25, 0.3) is 11.2 Å². The fourth-order valence-electron chi connectivity index (χ4n) is 1.70. The number of thioether (sulfide) groups is 1. The number of nitro groups is 1. The third-order valence-corrected chi connectivity index (χ3v) is 3.69. The molecule has 0 spiro atoms. The van der Waals surface area contributed by atoms with Crippen LogP contribution in [0.3, 0.4) is 0 Å². The van der Waals surface area contributed by atoms with Crippen molar-refractivity contribution in [3.05, 3.63) is 48.7 Å². The molecule has 0 amide bonds. The minimum Gasteiger partial charge on any atom is -0.300 e. The van der Waals surface area contributed by atoms with Gasteiger partial charge in [-0.3, -0.25) is 14.9 Å². The molecule has 0 bridgehead atoms. The summed E-state index contributed by atoms with van der Waals surface area (Å²) in [6, 6.07) is 6.09. The second kappa shape index (κ2) is 6.07. The van der Waals surface area contributed by atoms with Crippen molar-refractivity contribution in [1.82, 2.24) is 9.97 Å². The molecule has 1 N–H and O–H groups in total. The average Bonchev–Trinajstić information content (AvgIpc) is 2.46. The van der Waals surface area contributed by atoms with Crippen molar-refractivity contribution < 1.29 is 4.92 Å². The number of rotatable bonds is 3. The highest BCUT2D eigenvalue weighted by molar-refractivity contribution is 9.10. The van der Waals surface area contributed by atoms with E-state index in [1.165, 1.54) is 23.9 Å². The molecule has 106 valence electrons. The molecule has 1 aromatic carbocycles. The lowest BCUT2D eigenvalue weighted by atomic mass is 10.1. The number of halogens is 1. The largest absolute Gasteiger partial charge is 0.300 e. The van der Waals surface area contributed by atoms with Gasteiger partial charge in [0, 0.05) is 10.5 Å². The van der Waals surface area contributed by atoms with Gasteiger partial charge in [-0.05, 0) is 18.4 Å². The first-order valence-corrected chi connectivity index (χ1v) is 7.52. The molecule has 0 aliphatic rings. The van der Waals surface area contributed by atoms with E-state index in [9.17, 15) is 14.9 Å². The Morgan fingerprint density at radius 3 is 2.81 bits per heavy atom. The Bertz CT molecular complexity index is 828. The van der Waals surface area contributed by atoms with Crippen LogP contribution in [0.4, 0.5) is 5.69 Å². The molecular weight excluding hydrogens is 360 g/mol. The quantitative estimate of drug-likeness (QED) is 0.386. The summed E-state index contributed by atoms with van der Waals surface area (Å²) >= 11 is 4.33. The fraction of sp³-hybridized carbons (Fsp3) is 0.0833. The van der Waals surface area contributed by atoms with Crippen molar-refractivity contribution in [2.24, 2.45) is 0 Å². The Labute approximate surface area is 131 Å². The second-order valence-electron chi connectivity index (χ2n) is 3.83. The van der Waals surface area contributed by atoms with E-state index in [1.54, 1.807) is 18.4 Å². The zero-order valence-corrected chi connectivity index (χ0v) is 13.0. The van der Waals surface area contributed by atoms with Crippen LogP contribution in [-0.2, 0) is 0 Å². The van der Waals surface area contributed by atoms with E-state index in [0.717, 1.165) is 0 Å². The Morgan fingerprint density at radius 2 is 2.24 bits per heavy atom. The molecular formula is C12H7BrN4O3S. The molecule has 21 heavy (non-hydrogen) atoms. The molecule has 0 radical (unpaired) electrons. The predicted molar refractivity (Wildman–Crippen MR) is 81.1 cm³/mol. The lowest BCUT2D eigenvalue weighted by Gasteiger charge is -2.06. The Balaban J connectivity index is 2.84. The highest BCUT2D eigenvalue weighted by Gasteiger charge is 2.22. The summed E-state index contributed by atoms with van der Waals surface area (Å²) < 4.78 is 0.520. The van der Waals surface area contributed by atoms with Crippen LogP contribution in [0.5, 0.6) is 0 Å². The maximum atomic E-state index is 11.9. The van der Waals surface area contributed by atoms with E-state index in [2.05, 4.69) is 25.9 Å². The number of aromatic nitrogens is 2. The van der Waals surface area contributed by atoms with Gasteiger partial charge in [-0.1, -0.05) is 27.7 Å².